The van der Waals surface area contributed by atoms with Gasteiger partial charge >= 0.3 is 5.97 Å². The van der Waals surface area contributed by atoms with Crippen molar-refractivity contribution in [2.45, 2.75) is 26.3 Å². The first-order valence-electron chi connectivity index (χ1n) is 10.5. The van der Waals surface area contributed by atoms with Crippen molar-refractivity contribution >= 4 is 29.4 Å². The Morgan fingerprint density at radius 2 is 1.65 bits per heavy atom. The number of carbonyl (C=O) groups is 4. The molecule has 2 bridgehead atoms. The molecule has 0 unspecified atom stereocenters. The predicted molar refractivity (Wildman–Crippen MR) is 111 cm³/mol. The fraction of sp³-hybridized carbons (Fsp3) is 0.478. The topological polar surface area (TPSA) is 102 Å². The molecule has 0 aromatic heterocycles. The van der Waals surface area contributed by atoms with Gasteiger partial charge in [-0.2, -0.15) is 0 Å². The molecule has 1 saturated carbocycles. The van der Waals surface area contributed by atoms with Gasteiger partial charge in [-0.3, -0.25) is 19.3 Å². The van der Waals surface area contributed by atoms with Crippen molar-refractivity contribution < 1.29 is 28.7 Å². The highest BCUT2D eigenvalue weighted by molar-refractivity contribution is 6.09. The van der Waals surface area contributed by atoms with Gasteiger partial charge < -0.3 is 14.8 Å². The molecule has 1 saturated heterocycles. The van der Waals surface area contributed by atoms with Crippen LogP contribution in [0.5, 0.6) is 5.75 Å². The molecular weight excluding hydrogens is 400 g/mol. The SMILES string of the molecule is COc1ccc(NC(=O)COC(=O)[C@H](C(C)C)N2C(=O)[C@H]3[C@H](C2=O)[C@H]2C=C[C@H]3C2)cc1. The largest absolute Gasteiger partial charge is 0.497 e. The average Bonchev–Trinajstić information content (AvgIpc) is 3.42. The Labute approximate surface area is 180 Å². The molecule has 5 atom stereocenters. The van der Waals surface area contributed by atoms with Crippen LogP contribution in [0.1, 0.15) is 20.3 Å². The number of fused-ring (bicyclic) bond motifs is 5. The quantitative estimate of drug-likeness (QED) is 0.407. The summed E-state index contributed by atoms with van der Waals surface area (Å²) >= 11 is 0. The minimum absolute atomic E-state index is 0.0653. The van der Waals surface area contributed by atoms with Crippen LogP contribution in [-0.4, -0.2) is 48.3 Å². The second kappa shape index (κ2) is 8.17. The van der Waals surface area contributed by atoms with E-state index >= 15 is 0 Å². The van der Waals surface area contributed by atoms with E-state index in [1.807, 2.05) is 12.2 Å². The number of hydrogen-bond acceptors (Lipinski definition) is 6. The van der Waals surface area contributed by atoms with E-state index in [0.29, 0.717) is 11.4 Å². The molecule has 1 aliphatic heterocycles. The van der Waals surface area contributed by atoms with Gasteiger partial charge in [0.25, 0.3) is 5.91 Å². The third-order valence-electron chi connectivity index (χ3n) is 6.37. The first-order valence-corrected chi connectivity index (χ1v) is 10.5. The summed E-state index contributed by atoms with van der Waals surface area (Å²) in [4.78, 5) is 52.2. The van der Waals surface area contributed by atoms with E-state index in [2.05, 4.69) is 5.32 Å². The summed E-state index contributed by atoms with van der Waals surface area (Å²) in [5, 5.41) is 2.63. The zero-order valence-electron chi connectivity index (χ0n) is 17.7. The maximum atomic E-state index is 13.0. The smallest absolute Gasteiger partial charge is 0.330 e. The lowest BCUT2D eigenvalue weighted by Crippen LogP contribution is -2.50. The van der Waals surface area contributed by atoms with Crippen LogP contribution in [0.2, 0.25) is 0 Å². The zero-order valence-corrected chi connectivity index (χ0v) is 17.7. The number of hydrogen-bond donors (Lipinski definition) is 1. The molecule has 0 radical (unpaired) electrons. The molecule has 2 aliphatic carbocycles. The van der Waals surface area contributed by atoms with E-state index in [9.17, 15) is 19.2 Å². The number of rotatable bonds is 7. The monoisotopic (exact) mass is 426 g/mol. The van der Waals surface area contributed by atoms with Gasteiger partial charge in [0.05, 0.1) is 18.9 Å². The Morgan fingerprint density at radius 1 is 1.06 bits per heavy atom. The molecule has 1 aromatic rings. The maximum Gasteiger partial charge on any atom is 0.330 e. The normalized spacial score (nSPS) is 26.9. The molecule has 31 heavy (non-hydrogen) atoms. The number of benzene rings is 1. The molecule has 0 spiro atoms. The molecule has 164 valence electrons. The van der Waals surface area contributed by atoms with E-state index in [1.165, 1.54) is 0 Å². The summed E-state index contributed by atoms with van der Waals surface area (Å²) in [6.07, 6.45) is 4.84. The predicted octanol–water partition coefficient (Wildman–Crippen LogP) is 2.01. The van der Waals surface area contributed by atoms with Gasteiger partial charge in [0.15, 0.2) is 6.61 Å². The molecule has 1 aromatic carbocycles. The fourth-order valence-electron chi connectivity index (χ4n) is 4.97. The third-order valence-corrected chi connectivity index (χ3v) is 6.37. The van der Waals surface area contributed by atoms with Crippen molar-refractivity contribution in [2.75, 3.05) is 19.0 Å². The number of amides is 3. The molecule has 8 heteroatoms. The van der Waals surface area contributed by atoms with Crippen LogP contribution in [0, 0.1) is 29.6 Å². The summed E-state index contributed by atoms with van der Waals surface area (Å²) in [5.41, 5.74) is 0.531. The van der Waals surface area contributed by atoms with Crippen LogP contribution < -0.4 is 10.1 Å². The summed E-state index contributed by atoms with van der Waals surface area (Å²) in [6.45, 7) is 3.00. The number of anilines is 1. The van der Waals surface area contributed by atoms with Crippen molar-refractivity contribution in [2.24, 2.45) is 29.6 Å². The van der Waals surface area contributed by atoms with Crippen molar-refractivity contribution in [3.8, 4) is 5.75 Å². The van der Waals surface area contributed by atoms with E-state index in [1.54, 1.807) is 45.2 Å². The molecule has 3 amide bonds. The maximum absolute atomic E-state index is 13.0. The number of methoxy groups -OCH3 is 1. The van der Waals surface area contributed by atoms with Gasteiger partial charge in [0, 0.05) is 5.69 Å². The van der Waals surface area contributed by atoms with Crippen LogP contribution in [0.4, 0.5) is 5.69 Å². The first-order chi connectivity index (χ1) is 14.8. The van der Waals surface area contributed by atoms with Gasteiger partial charge in [0.2, 0.25) is 11.8 Å². The van der Waals surface area contributed by atoms with E-state index in [0.717, 1.165) is 11.3 Å². The highest BCUT2D eigenvalue weighted by Gasteiger charge is 2.61. The lowest BCUT2D eigenvalue weighted by Gasteiger charge is -2.28. The highest BCUT2D eigenvalue weighted by Crippen LogP contribution is 2.53. The number of nitrogens with zero attached hydrogens (tertiary/aromatic N) is 1. The number of ether oxygens (including phenoxy) is 2. The molecule has 3 aliphatic rings. The lowest BCUT2D eigenvalue weighted by atomic mass is 9.85. The van der Waals surface area contributed by atoms with Crippen LogP contribution in [0.25, 0.3) is 0 Å². The molecule has 1 N–H and O–H groups in total. The number of imide groups is 1. The number of likely N-dealkylation sites (tertiary alicyclic amines) is 1. The van der Waals surface area contributed by atoms with Gasteiger partial charge in [-0.1, -0.05) is 26.0 Å². The third kappa shape index (κ3) is 3.71. The second-order valence-electron chi connectivity index (χ2n) is 8.62. The minimum atomic E-state index is -1.04. The second-order valence-corrected chi connectivity index (χ2v) is 8.62. The van der Waals surface area contributed by atoms with Crippen molar-refractivity contribution in [3.63, 3.8) is 0 Å². The molecule has 2 fully saturated rings. The van der Waals surface area contributed by atoms with Gasteiger partial charge in [-0.05, 0) is 48.4 Å². The highest BCUT2D eigenvalue weighted by atomic mass is 16.5. The number of nitrogens with one attached hydrogen (secondary N) is 1. The zero-order chi connectivity index (χ0) is 22.3. The summed E-state index contributed by atoms with van der Waals surface area (Å²) in [6, 6.07) is 5.68. The lowest BCUT2D eigenvalue weighted by molar-refractivity contribution is -0.162. The van der Waals surface area contributed by atoms with E-state index in [4.69, 9.17) is 9.47 Å². The number of allylic oxidation sites excluding steroid dienone is 2. The number of esters is 1. The van der Waals surface area contributed by atoms with E-state index in [-0.39, 0.29) is 41.4 Å². The Morgan fingerprint density at radius 3 is 2.16 bits per heavy atom. The Hall–Kier alpha value is -3.16. The fourth-order valence-corrected chi connectivity index (χ4v) is 4.97. The van der Waals surface area contributed by atoms with Crippen LogP contribution in [0.15, 0.2) is 36.4 Å². The molecule has 8 nitrogen and oxygen atoms in total. The standard InChI is InChI=1S/C23H26N2O6/c1-12(2)20(25-21(27)18-13-4-5-14(10-13)19(18)22(25)28)23(29)31-11-17(26)24-15-6-8-16(30-3)9-7-15/h4-9,12-14,18-20H,10-11H2,1-3H3,(H,24,26)/t13-,14-,18+,19+,20-/m0/s1. The average molecular weight is 426 g/mol. The molecule has 1 heterocycles. The number of carbonyl (C=O) groups excluding carboxylic acids is 4. The Bertz CT molecular complexity index is 908. The van der Waals surface area contributed by atoms with Crippen LogP contribution in [0.3, 0.4) is 0 Å². The Kier molecular flexibility index (Phi) is 5.56. The summed E-state index contributed by atoms with van der Waals surface area (Å²) in [7, 11) is 1.54. The van der Waals surface area contributed by atoms with Crippen LogP contribution in [-0.2, 0) is 23.9 Å². The van der Waals surface area contributed by atoms with E-state index < -0.39 is 24.5 Å². The van der Waals surface area contributed by atoms with Crippen LogP contribution >= 0.6 is 0 Å². The van der Waals surface area contributed by atoms with Gasteiger partial charge in [-0.25, -0.2) is 4.79 Å². The summed E-state index contributed by atoms with van der Waals surface area (Å²) < 4.78 is 10.3. The van der Waals surface area contributed by atoms with Gasteiger partial charge in [-0.15, -0.1) is 0 Å². The minimum Gasteiger partial charge on any atom is -0.497 e. The molecular formula is C23H26N2O6. The van der Waals surface area contributed by atoms with Crippen molar-refractivity contribution in [3.05, 3.63) is 36.4 Å². The van der Waals surface area contributed by atoms with Crippen molar-refractivity contribution in [1.29, 1.82) is 0 Å². The Balaban J connectivity index is 1.39. The van der Waals surface area contributed by atoms with Gasteiger partial charge in [0.1, 0.15) is 11.8 Å². The van der Waals surface area contributed by atoms with Crippen molar-refractivity contribution in [1.82, 2.24) is 4.90 Å². The summed E-state index contributed by atoms with van der Waals surface area (Å²) in [5.74, 6) is -2.18. The first kappa shape index (κ1) is 21.1. The molecule has 4 rings (SSSR count).